The van der Waals surface area contributed by atoms with Crippen LogP contribution in [0.2, 0.25) is 0 Å². The Labute approximate surface area is 157 Å². The highest BCUT2D eigenvalue weighted by Gasteiger charge is 2.11. The number of unbranched alkanes of at least 4 members (excludes halogenated alkanes) is 9. The van der Waals surface area contributed by atoms with Crippen LogP contribution in [0.1, 0.15) is 84.0 Å². The Kier molecular flexibility index (Phi) is 15.4. The molecule has 0 bridgehead atoms. The zero-order valence-electron chi connectivity index (χ0n) is 16.2. The molecule has 26 heavy (non-hydrogen) atoms. The van der Waals surface area contributed by atoms with E-state index in [1.807, 2.05) is 0 Å². The summed E-state index contributed by atoms with van der Waals surface area (Å²) in [5.74, 6) is -1.91. The molecule has 0 heterocycles. The van der Waals surface area contributed by atoms with Gasteiger partial charge in [-0.05, 0) is 6.42 Å². The van der Waals surface area contributed by atoms with E-state index in [0.29, 0.717) is 6.42 Å². The number of carboxylic acids is 1. The molecule has 0 spiro atoms. The van der Waals surface area contributed by atoms with Crippen LogP contribution in [0.25, 0.3) is 0 Å². The third-order valence-electron chi connectivity index (χ3n) is 4.10. The number of amides is 1. The summed E-state index contributed by atoms with van der Waals surface area (Å²) in [5, 5.41) is 11.3. The summed E-state index contributed by atoms with van der Waals surface area (Å²) in [4.78, 5) is 33.5. The zero-order chi connectivity index (χ0) is 19.6. The van der Waals surface area contributed by atoms with E-state index >= 15 is 0 Å². The molecule has 0 radical (unpaired) electrons. The van der Waals surface area contributed by atoms with Gasteiger partial charge < -0.3 is 15.2 Å². The minimum absolute atomic E-state index is 0.0372. The lowest BCUT2D eigenvalue weighted by Gasteiger charge is -2.07. The maximum Gasteiger partial charge on any atom is 0.331 e. The fraction of sp³-hybridized carbons (Fsp3) is 0.750. The first-order chi connectivity index (χ1) is 12.5. The van der Waals surface area contributed by atoms with Crippen molar-refractivity contribution in [3.63, 3.8) is 0 Å². The van der Waals surface area contributed by atoms with Gasteiger partial charge in [0.2, 0.25) is 5.91 Å². The molecule has 0 aliphatic carbocycles. The van der Waals surface area contributed by atoms with Gasteiger partial charge in [0.25, 0.3) is 0 Å². The van der Waals surface area contributed by atoms with E-state index in [1.165, 1.54) is 51.4 Å². The van der Waals surface area contributed by atoms with Gasteiger partial charge in [-0.25, -0.2) is 4.79 Å². The van der Waals surface area contributed by atoms with Crippen molar-refractivity contribution in [3.05, 3.63) is 12.2 Å². The lowest BCUT2D eigenvalue weighted by atomic mass is 10.1. The first kappa shape index (κ1) is 24.1. The van der Waals surface area contributed by atoms with Gasteiger partial charge in [-0.15, -0.1) is 0 Å². The number of hydrogen-bond acceptors (Lipinski definition) is 4. The topological polar surface area (TPSA) is 92.7 Å². The largest absolute Gasteiger partial charge is 0.478 e. The number of aliphatic carboxylic acids is 1. The fourth-order valence-corrected chi connectivity index (χ4v) is 2.52. The fourth-order valence-electron chi connectivity index (χ4n) is 2.52. The van der Waals surface area contributed by atoms with Gasteiger partial charge in [0.1, 0.15) is 6.61 Å². The summed E-state index contributed by atoms with van der Waals surface area (Å²) in [6, 6.07) is 0. The SMILES string of the molecule is C=C(CC(=O)OCCNC(=O)CCCCCCCCCCCC)C(=O)O. The number of nitrogens with one attached hydrogen (secondary N) is 1. The quantitative estimate of drug-likeness (QED) is 0.230. The van der Waals surface area contributed by atoms with Crippen molar-refractivity contribution in [1.29, 1.82) is 0 Å². The van der Waals surface area contributed by atoms with Crippen LogP contribution in [0, 0.1) is 0 Å². The van der Waals surface area contributed by atoms with E-state index in [2.05, 4.69) is 18.8 Å². The van der Waals surface area contributed by atoms with E-state index in [0.717, 1.165) is 12.8 Å². The molecule has 0 aromatic rings. The van der Waals surface area contributed by atoms with Gasteiger partial charge in [0, 0.05) is 12.0 Å². The molecular formula is C20H35NO5. The Bertz CT molecular complexity index is 434. The molecule has 150 valence electrons. The summed E-state index contributed by atoms with van der Waals surface area (Å²) < 4.78 is 4.84. The average Bonchev–Trinajstić information content (AvgIpc) is 2.60. The van der Waals surface area contributed by atoms with Crippen LogP contribution in [0.3, 0.4) is 0 Å². The maximum absolute atomic E-state index is 11.6. The van der Waals surface area contributed by atoms with E-state index in [4.69, 9.17) is 9.84 Å². The van der Waals surface area contributed by atoms with Crippen molar-refractivity contribution in [3.8, 4) is 0 Å². The second kappa shape index (κ2) is 16.6. The maximum atomic E-state index is 11.6. The number of carbonyl (C=O) groups is 3. The number of hydrogen-bond donors (Lipinski definition) is 2. The van der Waals surface area contributed by atoms with Crippen molar-refractivity contribution < 1.29 is 24.2 Å². The second-order valence-electron chi connectivity index (χ2n) is 6.59. The summed E-state index contributed by atoms with van der Waals surface area (Å²) in [6.07, 6.45) is 12.4. The molecular weight excluding hydrogens is 334 g/mol. The average molecular weight is 370 g/mol. The number of esters is 1. The first-order valence-corrected chi connectivity index (χ1v) is 9.80. The third-order valence-corrected chi connectivity index (χ3v) is 4.10. The lowest BCUT2D eigenvalue weighted by molar-refractivity contribution is -0.144. The molecule has 0 aromatic heterocycles. The molecule has 0 saturated heterocycles. The molecule has 1 amide bonds. The van der Waals surface area contributed by atoms with Gasteiger partial charge in [-0.3, -0.25) is 9.59 Å². The first-order valence-electron chi connectivity index (χ1n) is 9.80. The van der Waals surface area contributed by atoms with Gasteiger partial charge in [-0.1, -0.05) is 71.3 Å². The number of rotatable bonds is 17. The Balaban J connectivity index is 3.41. The number of carboxylic acid groups (broad SMARTS) is 1. The summed E-state index contributed by atoms with van der Waals surface area (Å²) >= 11 is 0. The van der Waals surface area contributed by atoms with Crippen LogP contribution >= 0.6 is 0 Å². The molecule has 0 aliphatic rings. The zero-order valence-corrected chi connectivity index (χ0v) is 16.2. The van der Waals surface area contributed by atoms with Crippen molar-refractivity contribution >= 4 is 17.8 Å². The van der Waals surface area contributed by atoms with Crippen molar-refractivity contribution in [2.45, 2.75) is 84.0 Å². The predicted molar refractivity (Wildman–Crippen MR) is 102 cm³/mol. The molecule has 0 atom stereocenters. The Morgan fingerprint density at radius 2 is 1.46 bits per heavy atom. The van der Waals surface area contributed by atoms with Crippen LogP contribution in [0.4, 0.5) is 0 Å². The van der Waals surface area contributed by atoms with E-state index < -0.39 is 11.9 Å². The number of ether oxygens (including phenoxy) is 1. The molecule has 0 saturated carbocycles. The van der Waals surface area contributed by atoms with Crippen molar-refractivity contribution in [2.24, 2.45) is 0 Å². The minimum Gasteiger partial charge on any atom is -0.478 e. The second-order valence-corrected chi connectivity index (χ2v) is 6.59. The Morgan fingerprint density at radius 1 is 0.923 bits per heavy atom. The predicted octanol–water partition coefficient (Wildman–Crippen LogP) is 3.99. The van der Waals surface area contributed by atoms with Crippen LogP contribution in [-0.2, 0) is 19.1 Å². The third kappa shape index (κ3) is 15.7. The van der Waals surface area contributed by atoms with E-state index in [-0.39, 0.29) is 31.1 Å². The molecule has 0 fully saturated rings. The number of carbonyl (C=O) groups excluding carboxylic acids is 2. The Hall–Kier alpha value is -1.85. The van der Waals surface area contributed by atoms with Gasteiger partial charge in [0.15, 0.2) is 0 Å². The lowest BCUT2D eigenvalue weighted by Crippen LogP contribution is -2.27. The molecule has 6 heteroatoms. The molecule has 0 aromatic carbocycles. The highest BCUT2D eigenvalue weighted by molar-refractivity contribution is 5.91. The highest BCUT2D eigenvalue weighted by Crippen LogP contribution is 2.11. The van der Waals surface area contributed by atoms with Gasteiger partial charge >= 0.3 is 11.9 Å². The standard InChI is InChI=1S/C20H35NO5/c1-3-4-5-6-7-8-9-10-11-12-13-18(22)21-14-15-26-19(23)16-17(2)20(24)25/h2-16H2,1H3,(H,21,22)(H,24,25). The molecule has 0 rings (SSSR count). The molecule has 2 N–H and O–H groups in total. The van der Waals surface area contributed by atoms with Gasteiger partial charge in [0.05, 0.1) is 13.0 Å². The van der Waals surface area contributed by atoms with Crippen LogP contribution in [0.5, 0.6) is 0 Å². The van der Waals surface area contributed by atoms with Crippen LogP contribution in [0.15, 0.2) is 12.2 Å². The monoisotopic (exact) mass is 369 g/mol. The van der Waals surface area contributed by atoms with Crippen LogP contribution < -0.4 is 5.32 Å². The normalized spacial score (nSPS) is 10.3. The smallest absolute Gasteiger partial charge is 0.331 e. The summed E-state index contributed by atoms with van der Waals surface area (Å²) in [7, 11) is 0. The van der Waals surface area contributed by atoms with Crippen molar-refractivity contribution in [1.82, 2.24) is 5.32 Å². The molecule has 6 nitrogen and oxygen atoms in total. The van der Waals surface area contributed by atoms with Gasteiger partial charge in [-0.2, -0.15) is 0 Å². The molecule has 0 unspecified atom stereocenters. The van der Waals surface area contributed by atoms with Crippen molar-refractivity contribution in [2.75, 3.05) is 13.2 Å². The highest BCUT2D eigenvalue weighted by atomic mass is 16.5. The summed E-state index contributed by atoms with van der Waals surface area (Å²) in [6.45, 7) is 5.76. The minimum atomic E-state index is -1.22. The summed E-state index contributed by atoms with van der Waals surface area (Å²) in [5.41, 5.74) is -0.208. The van der Waals surface area contributed by atoms with Crippen LogP contribution in [-0.4, -0.2) is 36.1 Å². The molecule has 0 aliphatic heterocycles. The van der Waals surface area contributed by atoms with E-state index in [1.54, 1.807) is 0 Å². The van der Waals surface area contributed by atoms with E-state index in [9.17, 15) is 14.4 Å². The Morgan fingerprint density at radius 3 is 2.00 bits per heavy atom.